The topological polar surface area (TPSA) is 3.24 Å². The lowest BCUT2D eigenvalue weighted by molar-refractivity contribution is 0.0104. The van der Waals surface area contributed by atoms with Crippen molar-refractivity contribution in [1.29, 1.82) is 0 Å². The van der Waals surface area contributed by atoms with Crippen LogP contribution in [0.2, 0.25) is 0 Å². The smallest absolute Gasteiger partial charge is 0.0660 e. The summed E-state index contributed by atoms with van der Waals surface area (Å²) >= 11 is 0. The number of anilines is 1. The summed E-state index contributed by atoms with van der Waals surface area (Å²) in [4.78, 5) is 2.99. The van der Waals surface area contributed by atoms with Crippen molar-refractivity contribution < 1.29 is 0 Å². The maximum Gasteiger partial charge on any atom is 0.0660 e. The Hall–Kier alpha value is -1.50. The molecule has 0 radical (unpaired) electrons. The molecule has 2 bridgehead atoms. The van der Waals surface area contributed by atoms with E-state index in [2.05, 4.69) is 69.9 Å². The maximum atomic E-state index is 2.99. The SMILES string of the molecule is CC=C1/C(=C\C)C23CCC(C)(CC2)C2N3c3c1cccc3C1(C)CC21C. The Morgan fingerprint density at radius 1 is 1.00 bits per heavy atom. The zero-order valence-electron chi connectivity index (χ0n) is 16.9. The summed E-state index contributed by atoms with van der Waals surface area (Å²) in [5, 5.41) is 0. The van der Waals surface area contributed by atoms with Crippen LogP contribution in [-0.4, -0.2) is 11.6 Å². The molecule has 3 unspecified atom stereocenters. The molecular formula is C25H31N. The number of nitrogens with zero attached hydrogens (tertiary/aromatic N) is 1. The summed E-state index contributed by atoms with van der Waals surface area (Å²) in [6, 6.07) is 7.86. The number of para-hydroxylation sites is 1. The molecule has 2 saturated carbocycles. The van der Waals surface area contributed by atoms with E-state index in [1.165, 1.54) is 43.2 Å². The molecular weight excluding hydrogens is 314 g/mol. The van der Waals surface area contributed by atoms with Crippen molar-refractivity contribution in [2.75, 3.05) is 4.90 Å². The minimum atomic E-state index is 0.245. The average molecular weight is 346 g/mol. The van der Waals surface area contributed by atoms with Crippen LogP contribution < -0.4 is 4.90 Å². The Morgan fingerprint density at radius 2 is 1.73 bits per heavy atom. The van der Waals surface area contributed by atoms with E-state index in [1.54, 1.807) is 16.8 Å². The zero-order chi connectivity index (χ0) is 18.1. The molecule has 136 valence electrons. The van der Waals surface area contributed by atoms with E-state index in [9.17, 15) is 0 Å². The highest BCUT2D eigenvalue weighted by Gasteiger charge is 2.77. The van der Waals surface area contributed by atoms with Crippen LogP contribution in [0.4, 0.5) is 5.69 Å². The van der Waals surface area contributed by atoms with Gasteiger partial charge in [-0.25, -0.2) is 0 Å². The van der Waals surface area contributed by atoms with Crippen molar-refractivity contribution in [3.63, 3.8) is 0 Å². The van der Waals surface area contributed by atoms with Crippen molar-refractivity contribution in [3.05, 3.63) is 47.1 Å². The van der Waals surface area contributed by atoms with Crippen LogP contribution in [0.25, 0.3) is 5.57 Å². The summed E-state index contributed by atoms with van der Waals surface area (Å²) in [5.41, 5.74) is 9.40. The third kappa shape index (κ3) is 1.30. The van der Waals surface area contributed by atoms with Gasteiger partial charge < -0.3 is 4.90 Å². The van der Waals surface area contributed by atoms with Crippen molar-refractivity contribution in [2.24, 2.45) is 10.8 Å². The minimum absolute atomic E-state index is 0.245. The molecule has 4 fully saturated rings. The first-order valence-electron chi connectivity index (χ1n) is 10.6. The highest BCUT2D eigenvalue weighted by Crippen LogP contribution is 2.79. The van der Waals surface area contributed by atoms with Gasteiger partial charge in [0.2, 0.25) is 0 Å². The summed E-state index contributed by atoms with van der Waals surface area (Å²) in [6.45, 7) is 12.3. The Balaban J connectivity index is 1.78. The van der Waals surface area contributed by atoms with Crippen molar-refractivity contribution in [3.8, 4) is 0 Å². The molecule has 7 rings (SSSR count). The quantitative estimate of drug-likeness (QED) is 0.538. The Labute approximate surface area is 158 Å². The highest BCUT2D eigenvalue weighted by molar-refractivity contribution is 5.96. The van der Waals surface area contributed by atoms with Crippen LogP contribution in [0, 0.1) is 10.8 Å². The third-order valence-electron chi connectivity index (χ3n) is 9.59. The van der Waals surface area contributed by atoms with E-state index in [4.69, 9.17) is 0 Å². The predicted octanol–water partition coefficient (Wildman–Crippen LogP) is 6.24. The van der Waals surface area contributed by atoms with Gasteiger partial charge in [-0.3, -0.25) is 0 Å². The van der Waals surface area contributed by atoms with E-state index >= 15 is 0 Å². The maximum absolute atomic E-state index is 2.99. The van der Waals surface area contributed by atoms with Gasteiger partial charge in [-0.1, -0.05) is 51.1 Å². The molecule has 2 aliphatic carbocycles. The number of benzene rings is 1. The molecule has 3 atom stereocenters. The van der Waals surface area contributed by atoms with Gasteiger partial charge in [0, 0.05) is 22.7 Å². The number of rotatable bonds is 0. The highest BCUT2D eigenvalue weighted by atomic mass is 15.3. The second-order valence-electron chi connectivity index (χ2n) is 10.5. The number of piperidine rings is 2. The number of fused-ring (bicyclic) bond motifs is 4. The molecule has 1 aromatic rings. The normalized spacial score (nSPS) is 50.0. The monoisotopic (exact) mass is 345 g/mol. The van der Waals surface area contributed by atoms with Crippen LogP contribution in [0.1, 0.15) is 77.8 Å². The van der Waals surface area contributed by atoms with E-state index in [1.807, 2.05) is 0 Å². The van der Waals surface area contributed by atoms with Gasteiger partial charge in [0.15, 0.2) is 0 Å². The second-order valence-corrected chi connectivity index (χ2v) is 10.5. The minimum Gasteiger partial charge on any atom is -0.357 e. The van der Waals surface area contributed by atoms with Crippen LogP contribution in [0.3, 0.4) is 0 Å². The van der Waals surface area contributed by atoms with Crippen LogP contribution in [0.5, 0.6) is 0 Å². The molecule has 6 aliphatic rings. The molecule has 4 heterocycles. The van der Waals surface area contributed by atoms with E-state index in [-0.39, 0.29) is 5.54 Å². The van der Waals surface area contributed by atoms with E-state index in [0.29, 0.717) is 22.3 Å². The molecule has 0 aromatic heterocycles. The van der Waals surface area contributed by atoms with Crippen LogP contribution >= 0.6 is 0 Å². The van der Waals surface area contributed by atoms with E-state index in [0.717, 1.165) is 0 Å². The molecule has 1 aromatic carbocycles. The summed E-state index contributed by atoms with van der Waals surface area (Å²) in [7, 11) is 0. The predicted molar refractivity (Wildman–Crippen MR) is 109 cm³/mol. The molecule has 1 heteroatoms. The van der Waals surface area contributed by atoms with Crippen molar-refractivity contribution in [1.82, 2.24) is 0 Å². The largest absolute Gasteiger partial charge is 0.357 e. The van der Waals surface area contributed by atoms with Gasteiger partial charge in [-0.05, 0) is 73.5 Å². The average Bonchev–Trinajstić information content (AvgIpc) is 3.23. The first-order valence-corrected chi connectivity index (χ1v) is 10.6. The molecule has 0 amide bonds. The lowest BCUT2D eigenvalue weighted by Gasteiger charge is -2.71. The summed E-state index contributed by atoms with van der Waals surface area (Å²) in [5.74, 6) is 0. The number of allylic oxidation sites excluding steroid dienone is 2. The van der Waals surface area contributed by atoms with Crippen molar-refractivity contribution >= 4 is 11.3 Å². The fourth-order valence-electron chi connectivity index (χ4n) is 8.19. The first-order chi connectivity index (χ1) is 12.4. The van der Waals surface area contributed by atoms with Gasteiger partial charge in [-0.15, -0.1) is 0 Å². The van der Waals surface area contributed by atoms with Crippen molar-refractivity contribution in [2.45, 2.75) is 83.7 Å². The lowest BCUT2D eigenvalue weighted by Crippen LogP contribution is -2.73. The second kappa shape index (κ2) is 4.16. The van der Waals surface area contributed by atoms with Crippen LogP contribution in [0.15, 0.2) is 35.9 Å². The molecule has 4 aliphatic heterocycles. The molecule has 0 N–H and O–H groups in total. The molecule has 1 nitrogen and oxygen atoms in total. The number of hydrogen-bond donors (Lipinski definition) is 0. The van der Waals surface area contributed by atoms with Gasteiger partial charge >= 0.3 is 0 Å². The molecule has 1 spiro atoms. The standard InChI is InChI=1S/C25H31N/c1-6-16-17-9-8-10-19-20(17)26-21(24(5)15-23(19,24)4)22(3)11-13-25(26,14-12-22)18(16)7-2/h6-10,21H,11-15H2,1-5H3/b16-6?,18-7+. The zero-order valence-corrected chi connectivity index (χ0v) is 16.9. The molecule has 2 saturated heterocycles. The Bertz CT molecular complexity index is 910. The molecule has 26 heavy (non-hydrogen) atoms. The first kappa shape index (κ1) is 15.5. The summed E-state index contributed by atoms with van der Waals surface area (Å²) < 4.78 is 0. The van der Waals surface area contributed by atoms with Gasteiger partial charge in [-0.2, -0.15) is 0 Å². The number of hydrogen-bond acceptors (Lipinski definition) is 1. The summed E-state index contributed by atoms with van der Waals surface area (Å²) in [6.07, 6.45) is 11.6. The van der Waals surface area contributed by atoms with Crippen LogP contribution in [-0.2, 0) is 5.41 Å². The van der Waals surface area contributed by atoms with Gasteiger partial charge in [0.25, 0.3) is 0 Å². The fraction of sp³-hybridized carbons (Fsp3) is 0.600. The Kier molecular flexibility index (Phi) is 2.49. The van der Waals surface area contributed by atoms with Gasteiger partial charge in [0.05, 0.1) is 5.54 Å². The van der Waals surface area contributed by atoms with Gasteiger partial charge in [0.1, 0.15) is 0 Å². The third-order valence-corrected chi connectivity index (χ3v) is 9.59. The fourth-order valence-corrected chi connectivity index (χ4v) is 8.19. The van der Waals surface area contributed by atoms with E-state index < -0.39 is 0 Å². The Morgan fingerprint density at radius 3 is 2.38 bits per heavy atom. The lowest BCUT2D eigenvalue weighted by atomic mass is 9.50.